The predicted octanol–water partition coefficient (Wildman–Crippen LogP) is 3.73. The average molecular weight is 467 g/mol. The molecule has 0 fully saturated rings. The van der Waals surface area contributed by atoms with E-state index in [9.17, 15) is 14.4 Å². The van der Waals surface area contributed by atoms with Crippen molar-refractivity contribution in [2.75, 3.05) is 5.73 Å². The van der Waals surface area contributed by atoms with Crippen LogP contribution in [-0.4, -0.2) is 47.0 Å². The van der Waals surface area contributed by atoms with E-state index < -0.39 is 47.0 Å². The van der Waals surface area contributed by atoms with Gasteiger partial charge in [0.25, 0.3) is 0 Å². The Kier molecular flexibility index (Phi) is 9.30. The number of rotatable bonds is 7. The summed E-state index contributed by atoms with van der Waals surface area (Å²) in [5, 5.41) is 2.42. The monoisotopic (exact) mass is 466 g/mol. The van der Waals surface area contributed by atoms with Crippen molar-refractivity contribution in [3.05, 3.63) is 29.8 Å². The summed E-state index contributed by atoms with van der Waals surface area (Å²) in [4.78, 5) is 38.6. The molecule has 0 bridgehead atoms. The van der Waals surface area contributed by atoms with Gasteiger partial charge in [-0.25, -0.2) is 14.4 Å². The molecular weight excluding hydrogens is 428 g/mol. The Labute approximate surface area is 196 Å². The van der Waals surface area contributed by atoms with Gasteiger partial charge in [0.05, 0.1) is 6.61 Å². The largest absolute Gasteiger partial charge is 0.458 e. The van der Waals surface area contributed by atoms with Crippen LogP contribution in [0.3, 0.4) is 0 Å². The summed E-state index contributed by atoms with van der Waals surface area (Å²) < 4.78 is 22.0. The normalized spacial score (nSPS) is 14.1. The van der Waals surface area contributed by atoms with Gasteiger partial charge < -0.3 is 30.0 Å². The van der Waals surface area contributed by atoms with Crippen molar-refractivity contribution in [2.24, 2.45) is 0 Å². The topological polar surface area (TPSA) is 126 Å². The van der Waals surface area contributed by atoms with E-state index >= 15 is 0 Å². The Hall–Kier alpha value is -2.81. The Morgan fingerprint density at radius 1 is 0.848 bits per heavy atom. The highest BCUT2D eigenvalue weighted by Gasteiger charge is 2.42. The van der Waals surface area contributed by atoms with Gasteiger partial charge in [-0.3, -0.25) is 0 Å². The molecule has 0 unspecified atom stereocenters. The number of hydrogen-bond donors (Lipinski definition) is 2. The van der Waals surface area contributed by atoms with Crippen molar-refractivity contribution in [3.63, 3.8) is 0 Å². The van der Waals surface area contributed by atoms with E-state index in [1.807, 2.05) is 0 Å². The van der Waals surface area contributed by atoms with Gasteiger partial charge >= 0.3 is 18.0 Å². The van der Waals surface area contributed by atoms with Crippen LogP contribution in [0.4, 0.5) is 10.5 Å². The Bertz CT molecular complexity index is 832. The lowest BCUT2D eigenvalue weighted by Gasteiger charge is -2.31. The number of hydrogen-bond acceptors (Lipinski definition) is 8. The number of nitrogens with one attached hydrogen (secondary N) is 1. The maximum atomic E-state index is 13.1. The van der Waals surface area contributed by atoms with E-state index in [0.717, 1.165) is 0 Å². The number of amides is 1. The van der Waals surface area contributed by atoms with Gasteiger partial charge in [0, 0.05) is 5.69 Å². The molecule has 0 spiro atoms. The maximum Gasteiger partial charge on any atom is 0.408 e. The fourth-order valence-corrected chi connectivity index (χ4v) is 2.59. The Morgan fingerprint density at radius 2 is 1.36 bits per heavy atom. The fraction of sp³-hybridized carbons (Fsp3) is 0.625. The first-order valence-corrected chi connectivity index (χ1v) is 10.8. The Balaban J connectivity index is 3.30. The predicted molar refractivity (Wildman–Crippen MR) is 124 cm³/mol. The van der Waals surface area contributed by atoms with Gasteiger partial charge in [0.1, 0.15) is 16.8 Å². The molecular formula is C24H38N2O7. The second-order valence-corrected chi connectivity index (χ2v) is 10.7. The van der Waals surface area contributed by atoms with Crippen molar-refractivity contribution < 1.29 is 33.3 Å². The van der Waals surface area contributed by atoms with Crippen molar-refractivity contribution in [1.29, 1.82) is 0 Å². The number of ether oxygens (including phenoxy) is 4. The molecule has 9 nitrogen and oxygen atoms in total. The number of esters is 2. The van der Waals surface area contributed by atoms with Crippen LogP contribution >= 0.6 is 0 Å². The zero-order valence-corrected chi connectivity index (χ0v) is 21.1. The van der Waals surface area contributed by atoms with Gasteiger partial charge in [0.15, 0.2) is 12.1 Å². The highest BCUT2D eigenvalue weighted by atomic mass is 16.6. The summed E-state index contributed by atoms with van der Waals surface area (Å²) in [7, 11) is 0. The molecule has 0 radical (unpaired) electrons. The van der Waals surface area contributed by atoms with Gasteiger partial charge in [-0.05, 0) is 80.0 Å². The van der Waals surface area contributed by atoms with Crippen LogP contribution in [0, 0.1) is 0 Å². The van der Waals surface area contributed by atoms with Crippen LogP contribution in [0.25, 0.3) is 0 Å². The van der Waals surface area contributed by atoms with Gasteiger partial charge in [-0.2, -0.15) is 0 Å². The number of carbonyl (C=O) groups excluding carboxylic acids is 3. The van der Waals surface area contributed by atoms with Crippen LogP contribution in [0.15, 0.2) is 24.3 Å². The smallest absolute Gasteiger partial charge is 0.408 e. The molecule has 1 rings (SSSR count). The molecule has 3 N–H and O–H groups in total. The molecule has 1 aromatic rings. The first kappa shape index (κ1) is 28.2. The van der Waals surface area contributed by atoms with Crippen LogP contribution in [-0.2, 0) is 35.1 Å². The summed E-state index contributed by atoms with van der Waals surface area (Å²) in [6.45, 7) is 15.0. The highest BCUT2D eigenvalue weighted by Crippen LogP contribution is 2.19. The molecule has 186 valence electrons. The first-order valence-electron chi connectivity index (χ1n) is 10.8. The lowest BCUT2D eigenvalue weighted by atomic mass is 10.1. The quantitative estimate of drug-likeness (QED) is 0.354. The third-order valence-electron chi connectivity index (χ3n) is 3.66. The van der Waals surface area contributed by atoms with E-state index in [2.05, 4.69) is 5.32 Å². The molecule has 1 aromatic carbocycles. The molecule has 0 aliphatic rings. The minimum atomic E-state index is -1.52. The number of benzene rings is 1. The zero-order valence-electron chi connectivity index (χ0n) is 21.1. The van der Waals surface area contributed by atoms with E-state index in [1.165, 1.54) is 0 Å². The lowest BCUT2D eigenvalue weighted by molar-refractivity contribution is -0.180. The molecule has 0 aromatic heterocycles. The SMILES string of the molecule is CC(C)(C)OC(=O)N[C@@H](C(=O)OC(C)(C)C)[C@@H](OCc1cccc(N)c1)C(=O)OC(C)(C)C. The van der Waals surface area contributed by atoms with E-state index in [1.54, 1.807) is 86.6 Å². The minimum absolute atomic E-state index is 0.0652. The number of anilines is 1. The number of carbonyl (C=O) groups is 3. The fourth-order valence-electron chi connectivity index (χ4n) is 2.59. The first-order chi connectivity index (χ1) is 14.9. The van der Waals surface area contributed by atoms with Gasteiger partial charge in [-0.1, -0.05) is 12.1 Å². The van der Waals surface area contributed by atoms with Crippen LogP contribution in [0.5, 0.6) is 0 Å². The maximum absolute atomic E-state index is 13.1. The number of nitrogen functional groups attached to an aromatic ring is 1. The van der Waals surface area contributed by atoms with Crippen molar-refractivity contribution in [2.45, 2.75) is 97.9 Å². The van der Waals surface area contributed by atoms with E-state index in [4.69, 9.17) is 24.7 Å². The summed E-state index contributed by atoms with van der Waals surface area (Å²) in [6.07, 6.45) is -2.41. The van der Waals surface area contributed by atoms with Crippen LogP contribution < -0.4 is 11.1 Å². The lowest BCUT2D eigenvalue weighted by Crippen LogP contribution is -2.56. The molecule has 33 heavy (non-hydrogen) atoms. The van der Waals surface area contributed by atoms with Gasteiger partial charge in [-0.15, -0.1) is 0 Å². The third kappa shape index (κ3) is 11.6. The molecule has 0 heterocycles. The third-order valence-corrected chi connectivity index (χ3v) is 3.66. The molecule has 2 atom stereocenters. The molecule has 0 aliphatic heterocycles. The number of alkyl carbamates (subject to hydrolysis) is 1. The standard InChI is InChI=1S/C24H38N2O7/c1-22(2,3)31-19(27)17(26-21(29)33-24(7,8)9)18(20(28)32-23(4,5)6)30-14-15-11-10-12-16(25)13-15/h10-13,17-18H,14,25H2,1-9H3,(H,26,29)/t17-,18-/m1/s1. The summed E-state index contributed by atoms with van der Waals surface area (Å²) in [6, 6.07) is 5.36. The van der Waals surface area contributed by atoms with Crippen LogP contribution in [0.2, 0.25) is 0 Å². The molecule has 0 saturated carbocycles. The van der Waals surface area contributed by atoms with E-state index in [0.29, 0.717) is 11.3 Å². The molecule has 1 amide bonds. The molecule has 0 saturated heterocycles. The number of nitrogens with two attached hydrogens (primary N) is 1. The van der Waals surface area contributed by atoms with Crippen molar-refractivity contribution >= 4 is 23.7 Å². The highest BCUT2D eigenvalue weighted by molar-refractivity contribution is 5.89. The molecule has 9 heteroatoms. The summed E-state index contributed by atoms with van der Waals surface area (Å²) in [5.41, 5.74) is 4.43. The second kappa shape index (κ2) is 10.9. The summed E-state index contributed by atoms with van der Waals surface area (Å²) in [5.74, 6) is -1.70. The second-order valence-electron chi connectivity index (χ2n) is 10.7. The molecule has 0 aliphatic carbocycles. The zero-order chi connectivity index (χ0) is 25.6. The minimum Gasteiger partial charge on any atom is -0.458 e. The average Bonchev–Trinajstić information content (AvgIpc) is 2.56. The van der Waals surface area contributed by atoms with Gasteiger partial charge in [0.2, 0.25) is 0 Å². The van der Waals surface area contributed by atoms with Crippen molar-refractivity contribution in [3.8, 4) is 0 Å². The van der Waals surface area contributed by atoms with Crippen LogP contribution in [0.1, 0.15) is 67.9 Å². The summed E-state index contributed by atoms with van der Waals surface area (Å²) >= 11 is 0. The van der Waals surface area contributed by atoms with E-state index in [-0.39, 0.29) is 6.61 Å². The Morgan fingerprint density at radius 3 is 1.85 bits per heavy atom. The van der Waals surface area contributed by atoms with Crippen molar-refractivity contribution in [1.82, 2.24) is 5.32 Å².